The van der Waals surface area contributed by atoms with Gasteiger partial charge < -0.3 is 10.2 Å². The number of benzene rings is 1. The number of amides is 2. The van der Waals surface area contributed by atoms with Crippen LogP contribution in [0, 0.1) is 20.8 Å². The largest absolute Gasteiger partial charge is 0.326 e. The van der Waals surface area contributed by atoms with Crippen LogP contribution >= 0.6 is 11.3 Å². The molecule has 1 atom stereocenters. The molecular weight excluding hydrogens is 396 g/mol. The van der Waals surface area contributed by atoms with Gasteiger partial charge in [0, 0.05) is 22.8 Å². The molecular formula is C23H26N4O2S. The van der Waals surface area contributed by atoms with E-state index in [1.807, 2.05) is 67.9 Å². The van der Waals surface area contributed by atoms with E-state index in [0.29, 0.717) is 17.8 Å². The number of carbonyl (C=O) groups excluding carboxylic acids is 2. The second-order valence-electron chi connectivity index (χ2n) is 7.80. The maximum atomic E-state index is 13.0. The molecule has 156 valence electrons. The number of nitrogens with one attached hydrogen (secondary N) is 1. The Bertz CT molecular complexity index is 1070. The van der Waals surface area contributed by atoms with Crippen LogP contribution < -0.4 is 5.32 Å². The Balaban J connectivity index is 1.47. The molecule has 1 N–H and O–H groups in total. The van der Waals surface area contributed by atoms with Crippen LogP contribution in [0.2, 0.25) is 0 Å². The molecule has 1 saturated heterocycles. The van der Waals surface area contributed by atoms with Crippen LogP contribution in [0.25, 0.3) is 5.69 Å². The lowest BCUT2D eigenvalue weighted by atomic mass is 10.0. The molecule has 3 heterocycles. The summed E-state index contributed by atoms with van der Waals surface area (Å²) in [6.45, 7) is 6.58. The minimum Gasteiger partial charge on any atom is -0.326 e. The molecule has 7 heteroatoms. The Morgan fingerprint density at radius 3 is 2.47 bits per heavy atom. The predicted octanol–water partition coefficient (Wildman–Crippen LogP) is 4.49. The van der Waals surface area contributed by atoms with Gasteiger partial charge in [0.05, 0.1) is 16.3 Å². The number of hydrogen-bond donors (Lipinski definition) is 1. The smallest absolute Gasteiger partial charge is 0.264 e. The molecule has 6 nitrogen and oxygen atoms in total. The first kappa shape index (κ1) is 20.3. The summed E-state index contributed by atoms with van der Waals surface area (Å²) in [7, 11) is 0. The lowest BCUT2D eigenvalue weighted by molar-refractivity contribution is -0.121. The SMILES string of the molecule is Cc1cc(C)n(-c2ccc(NC(=O)[C@@H]3CCCCN3C(=O)c3ccc(C)s3)cc2)n1. The van der Waals surface area contributed by atoms with Crippen molar-refractivity contribution in [1.29, 1.82) is 0 Å². The second-order valence-corrected chi connectivity index (χ2v) is 9.08. The second kappa shape index (κ2) is 8.44. The molecule has 1 aliphatic heterocycles. The molecule has 0 radical (unpaired) electrons. The molecule has 0 spiro atoms. The van der Waals surface area contributed by atoms with Crippen LogP contribution in [0.1, 0.15) is 45.2 Å². The summed E-state index contributed by atoms with van der Waals surface area (Å²) in [5.41, 5.74) is 3.69. The lowest BCUT2D eigenvalue weighted by Gasteiger charge is -2.34. The zero-order valence-electron chi connectivity index (χ0n) is 17.5. The number of likely N-dealkylation sites (tertiary alicyclic amines) is 1. The maximum Gasteiger partial charge on any atom is 0.264 e. The van der Waals surface area contributed by atoms with Gasteiger partial charge >= 0.3 is 0 Å². The molecule has 3 aromatic rings. The Morgan fingerprint density at radius 1 is 1.07 bits per heavy atom. The zero-order valence-corrected chi connectivity index (χ0v) is 18.3. The number of aromatic nitrogens is 2. The van der Waals surface area contributed by atoms with E-state index >= 15 is 0 Å². The fourth-order valence-electron chi connectivity index (χ4n) is 3.94. The zero-order chi connectivity index (χ0) is 21.3. The molecule has 0 bridgehead atoms. The van der Waals surface area contributed by atoms with Crippen LogP contribution in [0.3, 0.4) is 0 Å². The van der Waals surface area contributed by atoms with E-state index in [1.165, 1.54) is 11.3 Å². The Morgan fingerprint density at radius 2 is 1.83 bits per heavy atom. The third-order valence-electron chi connectivity index (χ3n) is 5.41. The van der Waals surface area contributed by atoms with Crippen molar-refractivity contribution in [1.82, 2.24) is 14.7 Å². The van der Waals surface area contributed by atoms with Gasteiger partial charge in [-0.3, -0.25) is 9.59 Å². The van der Waals surface area contributed by atoms with Gasteiger partial charge in [0.2, 0.25) is 5.91 Å². The number of nitrogens with zero attached hydrogens (tertiary/aromatic N) is 3. The van der Waals surface area contributed by atoms with Crippen molar-refractivity contribution in [3.63, 3.8) is 0 Å². The van der Waals surface area contributed by atoms with Gasteiger partial charge in [-0.25, -0.2) is 4.68 Å². The molecule has 2 aromatic heterocycles. The van der Waals surface area contributed by atoms with Gasteiger partial charge in [-0.05, 0) is 82.5 Å². The highest BCUT2D eigenvalue weighted by Crippen LogP contribution is 2.25. The topological polar surface area (TPSA) is 67.2 Å². The summed E-state index contributed by atoms with van der Waals surface area (Å²) in [5.74, 6) is -0.178. The summed E-state index contributed by atoms with van der Waals surface area (Å²) in [4.78, 5) is 29.5. The number of piperidine rings is 1. The van der Waals surface area contributed by atoms with Crippen molar-refractivity contribution in [2.45, 2.75) is 46.1 Å². The Labute approximate surface area is 180 Å². The summed E-state index contributed by atoms with van der Waals surface area (Å²) >= 11 is 1.48. The van der Waals surface area contributed by atoms with Crippen LogP contribution in [-0.2, 0) is 4.79 Å². The number of rotatable bonds is 4. The van der Waals surface area contributed by atoms with E-state index in [-0.39, 0.29) is 11.8 Å². The first-order chi connectivity index (χ1) is 14.4. The maximum absolute atomic E-state index is 13.0. The van der Waals surface area contributed by atoms with E-state index in [0.717, 1.165) is 40.5 Å². The lowest BCUT2D eigenvalue weighted by Crippen LogP contribution is -2.49. The van der Waals surface area contributed by atoms with Crippen molar-refractivity contribution < 1.29 is 9.59 Å². The third-order valence-corrected chi connectivity index (χ3v) is 6.40. The quantitative estimate of drug-likeness (QED) is 0.673. The Hall–Kier alpha value is -2.93. The highest BCUT2D eigenvalue weighted by Gasteiger charge is 2.33. The van der Waals surface area contributed by atoms with Gasteiger partial charge in [-0.15, -0.1) is 11.3 Å². The fourth-order valence-corrected chi connectivity index (χ4v) is 4.76. The van der Waals surface area contributed by atoms with Crippen LogP contribution in [0.15, 0.2) is 42.5 Å². The molecule has 1 aliphatic rings. The number of hydrogen-bond acceptors (Lipinski definition) is 4. The molecule has 0 saturated carbocycles. The van der Waals surface area contributed by atoms with Crippen LogP contribution in [0.4, 0.5) is 5.69 Å². The summed E-state index contributed by atoms with van der Waals surface area (Å²) < 4.78 is 1.88. The van der Waals surface area contributed by atoms with E-state index in [1.54, 1.807) is 4.90 Å². The van der Waals surface area contributed by atoms with E-state index in [2.05, 4.69) is 10.4 Å². The molecule has 1 fully saturated rings. The van der Waals surface area contributed by atoms with Gasteiger partial charge in [-0.1, -0.05) is 0 Å². The first-order valence-corrected chi connectivity index (χ1v) is 11.1. The average molecular weight is 423 g/mol. The van der Waals surface area contributed by atoms with E-state index < -0.39 is 6.04 Å². The monoisotopic (exact) mass is 422 g/mol. The predicted molar refractivity (Wildman–Crippen MR) is 119 cm³/mol. The number of anilines is 1. The van der Waals surface area contributed by atoms with Crippen molar-refractivity contribution >= 4 is 28.8 Å². The van der Waals surface area contributed by atoms with E-state index in [9.17, 15) is 9.59 Å². The molecule has 0 aliphatic carbocycles. The van der Waals surface area contributed by atoms with Gasteiger partial charge in [0.1, 0.15) is 6.04 Å². The highest BCUT2D eigenvalue weighted by molar-refractivity contribution is 7.13. The summed E-state index contributed by atoms with van der Waals surface area (Å²) in [5, 5.41) is 7.48. The van der Waals surface area contributed by atoms with E-state index in [4.69, 9.17) is 0 Å². The van der Waals surface area contributed by atoms with Crippen molar-refractivity contribution in [3.05, 3.63) is 63.6 Å². The van der Waals surface area contributed by atoms with Gasteiger partial charge in [0.15, 0.2) is 0 Å². The molecule has 2 amide bonds. The van der Waals surface area contributed by atoms with Crippen molar-refractivity contribution in [2.75, 3.05) is 11.9 Å². The molecule has 0 unspecified atom stereocenters. The number of carbonyl (C=O) groups is 2. The standard InChI is InChI=1S/C23H26N4O2S/c1-15-14-16(2)27(25-15)19-10-8-18(9-11-19)24-22(28)20-6-4-5-13-26(20)23(29)21-12-7-17(3)30-21/h7-12,14,20H,4-6,13H2,1-3H3,(H,24,28)/t20-/m0/s1. The normalized spacial score (nSPS) is 16.5. The van der Waals surface area contributed by atoms with Gasteiger partial charge in [0.25, 0.3) is 5.91 Å². The number of thiophene rings is 1. The summed E-state index contributed by atoms with van der Waals surface area (Å²) in [6.07, 6.45) is 2.56. The van der Waals surface area contributed by atoms with Gasteiger partial charge in [-0.2, -0.15) is 5.10 Å². The van der Waals surface area contributed by atoms with Crippen LogP contribution in [-0.4, -0.2) is 39.1 Å². The minimum atomic E-state index is -0.440. The highest BCUT2D eigenvalue weighted by atomic mass is 32.1. The Kier molecular flexibility index (Phi) is 5.72. The van der Waals surface area contributed by atoms with Crippen molar-refractivity contribution in [2.24, 2.45) is 0 Å². The molecule has 30 heavy (non-hydrogen) atoms. The molecule has 4 rings (SSSR count). The molecule has 1 aromatic carbocycles. The van der Waals surface area contributed by atoms with Crippen LogP contribution in [0.5, 0.6) is 0 Å². The number of aryl methyl sites for hydroxylation is 3. The fraction of sp³-hybridized carbons (Fsp3) is 0.348. The average Bonchev–Trinajstić information content (AvgIpc) is 3.32. The third kappa shape index (κ3) is 4.16. The summed E-state index contributed by atoms with van der Waals surface area (Å²) in [6, 6.07) is 13.0. The first-order valence-electron chi connectivity index (χ1n) is 10.2. The minimum absolute atomic E-state index is 0.0483. The van der Waals surface area contributed by atoms with Crippen molar-refractivity contribution in [3.8, 4) is 5.69 Å².